The van der Waals surface area contributed by atoms with Gasteiger partial charge in [0.2, 0.25) is 5.91 Å². The third kappa shape index (κ3) is 3.73. The summed E-state index contributed by atoms with van der Waals surface area (Å²) in [4.78, 5) is 11.9. The van der Waals surface area contributed by atoms with Gasteiger partial charge in [-0.3, -0.25) is 4.79 Å². The molecular weight excluding hydrogens is 252 g/mol. The van der Waals surface area contributed by atoms with Gasteiger partial charge in [-0.25, -0.2) is 0 Å². The second-order valence-corrected chi connectivity index (χ2v) is 5.68. The zero-order valence-electron chi connectivity index (χ0n) is 12.2. The number of rotatable bonds is 7. The van der Waals surface area contributed by atoms with E-state index >= 15 is 0 Å². The van der Waals surface area contributed by atoms with Gasteiger partial charge in [-0.05, 0) is 48.9 Å². The first-order valence-electron chi connectivity index (χ1n) is 7.27. The quantitative estimate of drug-likeness (QED) is 0.799. The van der Waals surface area contributed by atoms with Crippen molar-refractivity contribution < 1.29 is 9.53 Å². The minimum Gasteiger partial charge on any atom is -0.497 e. The second kappa shape index (κ2) is 6.75. The van der Waals surface area contributed by atoms with Crippen molar-refractivity contribution in [2.24, 2.45) is 11.1 Å². The lowest BCUT2D eigenvalue weighted by atomic mass is 9.66. The first-order valence-corrected chi connectivity index (χ1v) is 7.27. The van der Waals surface area contributed by atoms with Crippen molar-refractivity contribution in [3.8, 4) is 5.75 Å². The molecule has 0 saturated heterocycles. The molecule has 1 aromatic rings. The van der Waals surface area contributed by atoms with E-state index < -0.39 is 0 Å². The number of amides is 1. The van der Waals surface area contributed by atoms with Crippen molar-refractivity contribution in [2.75, 3.05) is 20.2 Å². The summed E-state index contributed by atoms with van der Waals surface area (Å²) in [6, 6.07) is 7.93. The molecule has 0 bridgehead atoms. The van der Waals surface area contributed by atoms with Crippen LogP contribution in [0.3, 0.4) is 0 Å². The molecule has 0 aromatic heterocycles. The van der Waals surface area contributed by atoms with Crippen LogP contribution in [0.25, 0.3) is 0 Å². The summed E-state index contributed by atoms with van der Waals surface area (Å²) >= 11 is 0. The van der Waals surface area contributed by atoms with E-state index in [1.54, 1.807) is 7.11 Å². The topological polar surface area (TPSA) is 64.3 Å². The van der Waals surface area contributed by atoms with Gasteiger partial charge in [-0.15, -0.1) is 0 Å². The highest BCUT2D eigenvalue weighted by Crippen LogP contribution is 2.42. The summed E-state index contributed by atoms with van der Waals surface area (Å²) in [5.74, 6) is 0.983. The Bertz CT molecular complexity index is 433. The van der Waals surface area contributed by atoms with Gasteiger partial charge in [0.05, 0.1) is 7.11 Å². The normalized spacial score (nSPS) is 16.3. The van der Waals surface area contributed by atoms with E-state index in [-0.39, 0.29) is 11.3 Å². The lowest BCUT2D eigenvalue weighted by Crippen LogP contribution is -2.42. The molecule has 0 aliphatic heterocycles. The van der Waals surface area contributed by atoms with Crippen LogP contribution in [0.4, 0.5) is 0 Å². The fourth-order valence-electron chi connectivity index (χ4n) is 2.67. The van der Waals surface area contributed by atoms with Crippen LogP contribution in [0.1, 0.15) is 31.2 Å². The number of ether oxygens (including phenoxy) is 1. The van der Waals surface area contributed by atoms with Crippen molar-refractivity contribution >= 4 is 5.91 Å². The van der Waals surface area contributed by atoms with Crippen molar-refractivity contribution in [1.29, 1.82) is 0 Å². The van der Waals surface area contributed by atoms with Crippen LogP contribution in [0, 0.1) is 5.41 Å². The molecule has 2 rings (SSSR count). The molecule has 0 spiro atoms. The summed E-state index contributed by atoms with van der Waals surface area (Å²) in [7, 11) is 1.66. The Morgan fingerprint density at radius 1 is 1.35 bits per heavy atom. The van der Waals surface area contributed by atoms with E-state index in [1.807, 2.05) is 24.3 Å². The lowest BCUT2D eigenvalue weighted by molar-refractivity contribution is -0.124. The summed E-state index contributed by atoms with van der Waals surface area (Å²) in [6.07, 6.45) is 4.80. The number of nitrogens with one attached hydrogen (secondary N) is 1. The maximum atomic E-state index is 11.9. The Kier molecular flexibility index (Phi) is 5.01. The fourth-order valence-corrected chi connectivity index (χ4v) is 2.67. The van der Waals surface area contributed by atoms with E-state index in [0.29, 0.717) is 19.5 Å². The van der Waals surface area contributed by atoms with E-state index in [0.717, 1.165) is 25.0 Å². The van der Waals surface area contributed by atoms with Gasteiger partial charge in [0.25, 0.3) is 0 Å². The zero-order valence-corrected chi connectivity index (χ0v) is 12.2. The SMILES string of the molecule is COc1ccc(CCNC(=O)CC2(CN)CCC2)cc1. The molecule has 4 nitrogen and oxygen atoms in total. The molecule has 1 saturated carbocycles. The largest absolute Gasteiger partial charge is 0.497 e. The van der Waals surface area contributed by atoms with Gasteiger partial charge in [-0.2, -0.15) is 0 Å². The molecule has 0 atom stereocenters. The highest BCUT2D eigenvalue weighted by Gasteiger charge is 2.37. The molecule has 1 amide bonds. The summed E-state index contributed by atoms with van der Waals surface area (Å²) in [6.45, 7) is 1.30. The molecule has 1 fully saturated rings. The number of methoxy groups -OCH3 is 1. The van der Waals surface area contributed by atoms with Crippen LogP contribution in [-0.4, -0.2) is 26.1 Å². The third-order valence-corrected chi connectivity index (χ3v) is 4.28. The van der Waals surface area contributed by atoms with Gasteiger partial charge in [0.1, 0.15) is 5.75 Å². The smallest absolute Gasteiger partial charge is 0.220 e. The molecule has 0 radical (unpaired) electrons. The summed E-state index contributed by atoms with van der Waals surface area (Å²) in [5.41, 5.74) is 7.06. The minimum atomic E-state index is 0.0875. The molecule has 0 heterocycles. The van der Waals surface area contributed by atoms with Crippen molar-refractivity contribution in [3.63, 3.8) is 0 Å². The van der Waals surface area contributed by atoms with Crippen LogP contribution in [0.15, 0.2) is 24.3 Å². The van der Waals surface area contributed by atoms with Crippen LogP contribution in [0.2, 0.25) is 0 Å². The molecule has 110 valence electrons. The minimum absolute atomic E-state index is 0.0875. The van der Waals surface area contributed by atoms with E-state index in [4.69, 9.17) is 10.5 Å². The Labute approximate surface area is 120 Å². The van der Waals surface area contributed by atoms with Gasteiger partial charge in [0.15, 0.2) is 0 Å². The Balaban J connectivity index is 1.70. The maximum Gasteiger partial charge on any atom is 0.220 e. The van der Waals surface area contributed by atoms with E-state index in [9.17, 15) is 4.79 Å². The molecule has 3 N–H and O–H groups in total. The number of carbonyl (C=O) groups excluding carboxylic acids is 1. The fraction of sp³-hybridized carbons (Fsp3) is 0.562. The molecule has 4 heteroatoms. The number of carbonyl (C=O) groups is 1. The second-order valence-electron chi connectivity index (χ2n) is 5.68. The first kappa shape index (κ1) is 14.9. The molecule has 1 aliphatic carbocycles. The molecule has 20 heavy (non-hydrogen) atoms. The molecule has 1 aliphatic rings. The average molecular weight is 276 g/mol. The number of hydrogen-bond donors (Lipinski definition) is 2. The van der Waals surface area contributed by atoms with Crippen molar-refractivity contribution in [1.82, 2.24) is 5.32 Å². The molecular formula is C16H24N2O2. The predicted octanol–water partition coefficient (Wildman–Crippen LogP) is 1.87. The standard InChI is InChI=1S/C16H24N2O2/c1-20-14-5-3-13(4-6-14)7-10-18-15(19)11-16(12-17)8-2-9-16/h3-6H,2,7-12,17H2,1H3,(H,18,19). The van der Waals surface area contributed by atoms with Gasteiger partial charge in [0, 0.05) is 13.0 Å². The van der Waals surface area contributed by atoms with Crippen LogP contribution < -0.4 is 15.8 Å². The van der Waals surface area contributed by atoms with Crippen LogP contribution in [0.5, 0.6) is 5.75 Å². The van der Waals surface area contributed by atoms with Gasteiger partial charge < -0.3 is 15.8 Å². The van der Waals surface area contributed by atoms with Crippen LogP contribution in [-0.2, 0) is 11.2 Å². The van der Waals surface area contributed by atoms with Gasteiger partial charge >= 0.3 is 0 Å². The van der Waals surface area contributed by atoms with Gasteiger partial charge in [-0.1, -0.05) is 18.6 Å². The van der Waals surface area contributed by atoms with Crippen LogP contribution >= 0.6 is 0 Å². The summed E-state index contributed by atoms with van der Waals surface area (Å²) < 4.78 is 5.12. The predicted molar refractivity (Wildman–Crippen MR) is 79.7 cm³/mol. The number of benzene rings is 1. The van der Waals surface area contributed by atoms with E-state index in [2.05, 4.69) is 5.32 Å². The van der Waals surface area contributed by atoms with Crippen molar-refractivity contribution in [3.05, 3.63) is 29.8 Å². The highest BCUT2D eigenvalue weighted by atomic mass is 16.5. The van der Waals surface area contributed by atoms with Crippen molar-refractivity contribution in [2.45, 2.75) is 32.1 Å². The third-order valence-electron chi connectivity index (χ3n) is 4.28. The van der Waals surface area contributed by atoms with E-state index in [1.165, 1.54) is 12.0 Å². The number of nitrogens with two attached hydrogens (primary N) is 1. The Morgan fingerprint density at radius 2 is 2.05 bits per heavy atom. The Hall–Kier alpha value is -1.55. The Morgan fingerprint density at radius 3 is 2.55 bits per heavy atom. The highest BCUT2D eigenvalue weighted by molar-refractivity contribution is 5.76. The average Bonchev–Trinajstić information content (AvgIpc) is 2.43. The summed E-state index contributed by atoms with van der Waals surface area (Å²) in [5, 5.41) is 2.99. The monoisotopic (exact) mass is 276 g/mol. The maximum absolute atomic E-state index is 11.9. The molecule has 1 aromatic carbocycles. The zero-order chi connectivity index (χ0) is 14.4. The lowest BCUT2D eigenvalue weighted by Gasteiger charge is -2.40. The molecule has 0 unspecified atom stereocenters. The number of hydrogen-bond acceptors (Lipinski definition) is 3. The first-order chi connectivity index (χ1) is 9.67.